The maximum absolute atomic E-state index is 12.3. The molecule has 146 valence electrons. The van der Waals surface area contributed by atoms with Crippen molar-refractivity contribution in [1.29, 1.82) is 0 Å². The van der Waals surface area contributed by atoms with Crippen LogP contribution in [0.5, 0.6) is 0 Å². The second-order valence-corrected chi connectivity index (χ2v) is 6.80. The monoisotopic (exact) mass is 386 g/mol. The predicted octanol–water partition coefficient (Wildman–Crippen LogP) is 4.66. The lowest BCUT2D eigenvalue weighted by molar-refractivity contribution is -0.116. The minimum absolute atomic E-state index is 0.124. The van der Waals surface area contributed by atoms with Crippen molar-refractivity contribution in [3.05, 3.63) is 84.2 Å². The zero-order valence-electron chi connectivity index (χ0n) is 16.2. The molecule has 0 unspecified atom stereocenters. The van der Waals surface area contributed by atoms with Gasteiger partial charge in [-0.05, 0) is 36.1 Å². The first-order valence-electron chi connectivity index (χ1n) is 9.66. The molecule has 0 atom stereocenters. The molecule has 0 fully saturated rings. The summed E-state index contributed by atoms with van der Waals surface area (Å²) in [6.45, 7) is 2.12. The highest BCUT2D eigenvalue weighted by atomic mass is 16.5. The minimum atomic E-state index is -0.124. The topological polar surface area (TPSA) is 73.0 Å². The van der Waals surface area contributed by atoms with Crippen LogP contribution in [-0.2, 0) is 17.6 Å². The van der Waals surface area contributed by atoms with Crippen LogP contribution in [0.25, 0.3) is 16.9 Å². The number of carbonyl (C=O) groups excluding carboxylic acids is 1. The molecule has 0 aliphatic heterocycles. The Morgan fingerprint density at radius 2 is 1.86 bits per heavy atom. The number of rotatable bonds is 7. The fraction of sp³-hybridized carbons (Fsp3) is 0.174. The Morgan fingerprint density at radius 3 is 2.62 bits per heavy atom. The van der Waals surface area contributed by atoms with Crippen LogP contribution >= 0.6 is 0 Å². The van der Waals surface area contributed by atoms with Gasteiger partial charge in [-0.15, -0.1) is 0 Å². The fourth-order valence-corrected chi connectivity index (χ4v) is 3.05. The fourth-order valence-electron chi connectivity index (χ4n) is 3.05. The molecule has 0 radical (unpaired) electrons. The van der Waals surface area contributed by atoms with Crippen LogP contribution in [0.4, 0.5) is 5.88 Å². The van der Waals surface area contributed by atoms with Crippen LogP contribution in [0, 0.1) is 0 Å². The zero-order valence-corrected chi connectivity index (χ0v) is 16.2. The number of anilines is 1. The van der Waals surface area contributed by atoms with Crippen molar-refractivity contribution in [3.63, 3.8) is 0 Å². The number of benzene rings is 2. The summed E-state index contributed by atoms with van der Waals surface area (Å²) in [7, 11) is 0. The van der Waals surface area contributed by atoms with Gasteiger partial charge in [0.25, 0.3) is 0 Å². The molecule has 0 bridgehead atoms. The summed E-state index contributed by atoms with van der Waals surface area (Å²) >= 11 is 0. The van der Waals surface area contributed by atoms with Gasteiger partial charge < -0.3 is 4.52 Å². The van der Waals surface area contributed by atoms with Crippen LogP contribution in [0.15, 0.2) is 77.6 Å². The van der Waals surface area contributed by atoms with E-state index in [4.69, 9.17) is 4.52 Å². The highest BCUT2D eigenvalue weighted by Crippen LogP contribution is 2.22. The molecule has 6 nitrogen and oxygen atoms in total. The standard InChI is InChI=1S/C23H22N4O2/c1-2-17-8-11-19(12-9-17)21-14-23(29-26-21)25-22(28)13-10-18-15-24-27(16-18)20-6-4-3-5-7-20/h3-9,11-12,14-16H,2,10,13H2,1H3,(H,25,28). The molecule has 29 heavy (non-hydrogen) atoms. The average molecular weight is 386 g/mol. The third kappa shape index (κ3) is 4.60. The van der Waals surface area contributed by atoms with E-state index in [1.807, 2.05) is 48.7 Å². The molecule has 2 aromatic carbocycles. The summed E-state index contributed by atoms with van der Waals surface area (Å²) in [5, 5.41) is 11.2. The number of aromatic nitrogens is 3. The van der Waals surface area contributed by atoms with Crippen LogP contribution < -0.4 is 5.32 Å². The molecular weight excluding hydrogens is 364 g/mol. The van der Waals surface area contributed by atoms with Crippen LogP contribution in [0.1, 0.15) is 24.5 Å². The summed E-state index contributed by atoms with van der Waals surface area (Å²) in [5.74, 6) is 0.228. The zero-order chi connectivity index (χ0) is 20.1. The second kappa shape index (κ2) is 8.56. The SMILES string of the molecule is CCc1ccc(-c2cc(NC(=O)CCc3cnn(-c4ccccc4)c3)on2)cc1. The first kappa shape index (κ1) is 18.7. The highest BCUT2D eigenvalue weighted by molar-refractivity contribution is 5.90. The quantitative estimate of drug-likeness (QED) is 0.501. The molecule has 2 aromatic heterocycles. The smallest absolute Gasteiger partial charge is 0.231 e. The van der Waals surface area contributed by atoms with Gasteiger partial charge in [0.15, 0.2) is 0 Å². The lowest BCUT2D eigenvalue weighted by Gasteiger charge is -2.00. The molecule has 0 saturated carbocycles. The third-order valence-corrected chi connectivity index (χ3v) is 4.73. The van der Waals surface area contributed by atoms with Crippen molar-refractivity contribution >= 4 is 11.8 Å². The van der Waals surface area contributed by atoms with Crippen molar-refractivity contribution in [2.75, 3.05) is 5.32 Å². The Hall–Kier alpha value is -3.67. The molecule has 0 aliphatic carbocycles. The summed E-state index contributed by atoms with van der Waals surface area (Å²) in [5.41, 5.74) is 4.91. The number of nitrogens with one attached hydrogen (secondary N) is 1. The molecule has 2 heterocycles. The molecule has 0 aliphatic rings. The van der Waals surface area contributed by atoms with E-state index in [2.05, 4.69) is 34.6 Å². The van der Waals surface area contributed by atoms with Crippen molar-refractivity contribution in [1.82, 2.24) is 14.9 Å². The van der Waals surface area contributed by atoms with Gasteiger partial charge in [-0.25, -0.2) is 4.68 Å². The van der Waals surface area contributed by atoms with Crippen molar-refractivity contribution in [3.8, 4) is 16.9 Å². The van der Waals surface area contributed by atoms with Gasteiger partial charge in [-0.1, -0.05) is 54.5 Å². The van der Waals surface area contributed by atoms with Gasteiger partial charge in [-0.2, -0.15) is 5.10 Å². The summed E-state index contributed by atoms with van der Waals surface area (Å²) in [6.07, 6.45) is 5.65. The molecule has 1 N–H and O–H groups in total. The molecule has 4 rings (SSSR count). The number of hydrogen-bond donors (Lipinski definition) is 1. The van der Waals surface area contributed by atoms with Crippen LogP contribution in [0.3, 0.4) is 0 Å². The molecule has 0 spiro atoms. The largest absolute Gasteiger partial charge is 0.338 e. The van der Waals surface area contributed by atoms with Gasteiger partial charge >= 0.3 is 0 Å². The molecular formula is C23H22N4O2. The van der Waals surface area contributed by atoms with E-state index in [9.17, 15) is 4.79 Å². The molecule has 4 aromatic rings. The number of hydrogen-bond acceptors (Lipinski definition) is 4. The van der Waals surface area contributed by atoms with Crippen LogP contribution in [-0.4, -0.2) is 20.8 Å². The third-order valence-electron chi connectivity index (χ3n) is 4.73. The van der Waals surface area contributed by atoms with Crippen molar-refractivity contribution in [2.45, 2.75) is 26.2 Å². The summed E-state index contributed by atoms with van der Waals surface area (Å²) in [4.78, 5) is 12.3. The van der Waals surface area contributed by atoms with E-state index in [1.54, 1.807) is 16.9 Å². The predicted molar refractivity (Wildman–Crippen MR) is 112 cm³/mol. The highest BCUT2D eigenvalue weighted by Gasteiger charge is 2.11. The van der Waals surface area contributed by atoms with E-state index in [0.29, 0.717) is 24.4 Å². The second-order valence-electron chi connectivity index (χ2n) is 6.80. The van der Waals surface area contributed by atoms with Crippen molar-refractivity contribution in [2.24, 2.45) is 0 Å². The summed E-state index contributed by atoms with van der Waals surface area (Å²) in [6, 6.07) is 19.8. The summed E-state index contributed by atoms with van der Waals surface area (Å²) < 4.78 is 7.07. The normalized spacial score (nSPS) is 10.8. The van der Waals surface area contributed by atoms with E-state index < -0.39 is 0 Å². The first-order valence-corrected chi connectivity index (χ1v) is 9.66. The maximum Gasteiger partial charge on any atom is 0.231 e. The van der Waals surface area contributed by atoms with E-state index in [1.165, 1.54) is 5.56 Å². The van der Waals surface area contributed by atoms with Crippen LogP contribution in [0.2, 0.25) is 0 Å². The Balaban J connectivity index is 1.32. The van der Waals surface area contributed by atoms with Gasteiger partial charge in [0.05, 0.1) is 11.9 Å². The van der Waals surface area contributed by atoms with E-state index >= 15 is 0 Å². The Morgan fingerprint density at radius 1 is 1.07 bits per heavy atom. The average Bonchev–Trinajstić information content (AvgIpc) is 3.43. The molecule has 6 heteroatoms. The number of nitrogens with zero attached hydrogens (tertiary/aromatic N) is 3. The first-order chi connectivity index (χ1) is 14.2. The number of amides is 1. The van der Waals surface area contributed by atoms with Gasteiger partial charge in [0.2, 0.25) is 11.8 Å². The van der Waals surface area contributed by atoms with Gasteiger partial charge in [0, 0.05) is 24.2 Å². The van der Waals surface area contributed by atoms with Gasteiger partial charge in [0.1, 0.15) is 5.69 Å². The minimum Gasteiger partial charge on any atom is -0.338 e. The molecule has 1 amide bonds. The van der Waals surface area contributed by atoms with E-state index in [0.717, 1.165) is 23.2 Å². The number of aryl methyl sites for hydroxylation is 2. The lowest BCUT2D eigenvalue weighted by atomic mass is 10.1. The molecule has 0 saturated heterocycles. The number of para-hydroxylation sites is 1. The van der Waals surface area contributed by atoms with Crippen molar-refractivity contribution < 1.29 is 9.32 Å². The van der Waals surface area contributed by atoms with Gasteiger partial charge in [-0.3, -0.25) is 10.1 Å². The Bertz CT molecular complexity index is 1080. The lowest BCUT2D eigenvalue weighted by Crippen LogP contribution is -2.11. The number of carbonyl (C=O) groups is 1. The van der Waals surface area contributed by atoms with E-state index in [-0.39, 0.29) is 5.91 Å². The Kier molecular flexibility index (Phi) is 5.52. The maximum atomic E-state index is 12.3. The Labute approximate surface area is 169 Å².